The summed E-state index contributed by atoms with van der Waals surface area (Å²) in [5.41, 5.74) is 1.83. The SMILES string of the molecule is COc1ccc(-c2cc(CN3CCN(C[C@@H](O)COc4cnc(C)s4)[C@@H](C)C3)on2)cc1. The first-order valence-corrected chi connectivity index (χ1v) is 11.6. The van der Waals surface area contributed by atoms with Gasteiger partial charge < -0.3 is 19.1 Å². The number of aliphatic hydroxyl groups excluding tert-OH is 1. The fraction of sp³-hybridized carbons (Fsp3) is 0.478. The van der Waals surface area contributed by atoms with Gasteiger partial charge in [-0.1, -0.05) is 16.5 Å². The summed E-state index contributed by atoms with van der Waals surface area (Å²) >= 11 is 1.50. The lowest BCUT2D eigenvalue weighted by molar-refractivity contribution is 0.0183. The molecule has 0 aliphatic carbocycles. The molecule has 3 aromatic rings. The molecule has 32 heavy (non-hydrogen) atoms. The molecule has 0 saturated carbocycles. The number of hydrogen-bond donors (Lipinski definition) is 1. The van der Waals surface area contributed by atoms with E-state index in [1.54, 1.807) is 13.3 Å². The maximum Gasteiger partial charge on any atom is 0.194 e. The van der Waals surface area contributed by atoms with Crippen molar-refractivity contribution in [3.8, 4) is 22.1 Å². The third kappa shape index (κ3) is 5.86. The molecule has 1 aromatic carbocycles. The average Bonchev–Trinajstić information content (AvgIpc) is 3.43. The molecule has 4 rings (SSSR count). The van der Waals surface area contributed by atoms with Crippen molar-refractivity contribution in [3.05, 3.63) is 47.3 Å². The normalized spacial score (nSPS) is 18.6. The van der Waals surface area contributed by atoms with Crippen LogP contribution in [0.25, 0.3) is 11.3 Å². The van der Waals surface area contributed by atoms with Gasteiger partial charge in [-0.2, -0.15) is 0 Å². The second-order valence-electron chi connectivity index (χ2n) is 8.15. The van der Waals surface area contributed by atoms with Gasteiger partial charge >= 0.3 is 0 Å². The molecule has 1 aliphatic heterocycles. The second-order valence-corrected chi connectivity index (χ2v) is 9.35. The Balaban J connectivity index is 1.24. The number of ether oxygens (including phenoxy) is 2. The van der Waals surface area contributed by atoms with Crippen molar-refractivity contribution in [3.63, 3.8) is 0 Å². The number of aromatic nitrogens is 2. The zero-order valence-electron chi connectivity index (χ0n) is 18.7. The highest BCUT2D eigenvalue weighted by Gasteiger charge is 2.26. The van der Waals surface area contributed by atoms with Gasteiger partial charge in [-0.3, -0.25) is 9.80 Å². The molecular formula is C23H30N4O4S. The van der Waals surface area contributed by atoms with Crippen LogP contribution in [0.3, 0.4) is 0 Å². The lowest BCUT2D eigenvalue weighted by Gasteiger charge is -2.40. The molecule has 1 saturated heterocycles. The Morgan fingerprint density at radius 3 is 2.78 bits per heavy atom. The van der Waals surface area contributed by atoms with Crippen LogP contribution in [0.15, 0.2) is 41.1 Å². The summed E-state index contributed by atoms with van der Waals surface area (Å²) in [4.78, 5) is 8.84. The number of hydrogen-bond acceptors (Lipinski definition) is 9. The van der Waals surface area contributed by atoms with E-state index in [2.05, 4.69) is 26.9 Å². The van der Waals surface area contributed by atoms with Crippen LogP contribution in [0.4, 0.5) is 0 Å². The van der Waals surface area contributed by atoms with Crippen molar-refractivity contribution < 1.29 is 19.1 Å². The summed E-state index contributed by atoms with van der Waals surface area (Å²) in [7, 11) is 1.65. The predicted octanol–water partition coefficient (Wildman–Crippen LogP) is 3.06. The van der Waals surface area contributed by atoms with E-state index in [1.807, 2.05) is 37.3 Å². The lowest BCUT2D eigenvalue weighted by Crippen LogP contribution is -2.53. The van der Waals surface area contributed by atoms with Crippen LogP contribution >= 0.6 is 11.3 Å². The van der Waals surface area contributed by atoms with Crippen molar-refractivity contribution in [2.24, 2.45) is 0 Å². The zero-order valence-corrected chi connectivity index (χ0v) is 19.5. The molecule has 1 N–H and O–H groups in total. The van der Waals surface area contributed by atoms with E-state index in [9.17, 15) is 5.11 Å². The van der Waals surface area contributed by atoms with Crippen molar-refractivity contribution in [1.82, 2.24) is 19.9 Å². The monoisotopic (exact) mass is 458 g/mol. The number of rotatable bonds is 9. The van der Waals surface area contributed by atoms with Crippen molar-refractivity contribution in [2.75, 3.05) is 39.9 Å². The van der Waals surface area contributed by atoms with Gasteiger partial charge in [0, 0.05) is 43.9 Å². The molecule has 0 radical (unpaired) electrons. The Kier molecular flexibility index (Phi) is 7.41. The first kappa shape index (κ1) is 22.7. The van der Waals surface area contributed by atoms with E-state index in [0.29, 0.717) is 12.6 Å². The molecule has 172 valence electrons. The molecule has 8 nitrogen and oxygen atoms in total. The summed E-state index contributed by atoms with van der Waals surface area (Å²) in [6, 6.07) is 10.1. The van der Waals surface area contributed by atoms with Crippen molar-refractivity contribution in [2.45, 2.75) is 32.5 Å². The molecule has 0 spiro atoms. The topological polar surface area (TPSA) is 84.1 Å². The van der Waals surface area contributed by atoms with Crippen LogP contribution in [0.2, 0.25) is 0 Å². The molecule has 9 heteroatoms. The lowest BCUT2D eigenvalue weighted by atomic mass is 10.1. The average molecular weight is 459 g/mol. The second kappa shape index (κ2) is 10.4. The van der Waals surface area contributed by atoms with E-state index >= 15 is 0 Å². The maximum atomic E-state index is 10.4. The van der Waals surface area contributed by atoms with E-state index in [1.165, 1.54) is 11.3 Å². The van der Waals surface area contributed by atoms with Gasteiger partial charge in [-0.25, -0.2) is 4.98 Å². The van der Waals surface area contributed by atoms with Crippen LogP contribution in [0.1, 0.15) is 17.7 Å². The number of piperazine rings is 1. The first-order valence-electron chi connectivity index (χ1n) is 10.8. The Bertz CT molecular complexity index is 990. The summed E-state index contributed by atoms with van der Waals surface area (Å²) in [5, 5.41) is 16.3. The number of benzene rings is 1. The van der Waals surface area contributed by atoms with Gasteiger partial charge in [-0.15, -0.1) is 0 Å². The van der Waals surface area contributed by atoms with Crippen molar-refractivity contribution in [1.29, 1.82) is 0 Å². The van der Waals surface area contributed by atoms with Crippen LogP contribution in [0, 0.1) is 6.92 Å². The van der Waals surface area contributed by atoms with Gasteiger partial charge in [-0.05, 0) is 38.1 Å². The predicted molar refractivity (Wildman–Crippen MR) is 123 cm³/mol. The van der Waals surface area contributed by atoms with Crippen LogP contribution in [-0.4, -0.2) is 77.1 Å². The summed E-state index contributed by atoms with van der Waals surface area (Å²) in [6.07, 6.45) is 1.17. The smallest absolute Gasteiger partial charge is 0.194 e. The quantitative estimate of drug-likeness (QED) is 0.524. The largest absolute Gasteiger partial charge is 0.497 e. The Hall–Kier alpha value is -2.46. The molecule has 0 amide bonds. The molecule has 2 atom stereocenters. The van der Waals surface area contributed by atoms with Gasteiger partial charge in [0.25, 0.3) is 0 Å². The Labute approximate surface area is 192 Å². The fourth-order valence-electron chi connectivity index (χ4n) is 3.90. The Morgan fingerprint density at radius 2 is 2.09 bits per heavy atom. The van der Waals surface area contributed by atoms with Crippen LogP contribution in [-0.2, 0) is 6.54 Å². The minimum absolute atomic E-state index is 0.279. The molecule has 2 aromatic heterocycles. The van der Waals surface area contributed by atoms with Gasteiger partial charge in [0.1, 0.15) is 24.2 Å². The summed E-state index contributed by atoms with van der Waals surface area (Å²) < 4.78 is 16.5. The summed E-state index contributed by atoms with van der Waals surface area (Å²) in [5.74, 6) is 1.67. The highest BCUT2D eigenvalue weighted by Crippen LogP contribution is 2.24. The van der Waals surface area contributed by atoms with Gasteiger partial charge in [0.05, 0.1) is 24.9 Å². The number of aryl methyl sites for hydroxylation is 1. The number of thiazole rings is 1. The third-order valence-corrected chi connectivity index (χ3v) is 6.46. The van der Waals surface area contributed by atoms with E-state index in [0.717, 1.165) is 59.0 Å². The molecule has 0 unspecified atom stereocenters. The minimum atomic E-state index is -0.535. The van der Waals surface area contributed by atoms with E-state index in [4.69, 9.17) is 14.0 Å². The Morgan fingerprint density at radius 1 is 1.28 bits per heavy atom. The molecule has 0 bridgehead atoms. The van der Waals surface area contributed by atoms with Crippen molar-refractivity contribution >= 4 is 11.3 Å². The number of methoxy groups -OCH3 is 1. The number of β-amino-alcohol motifs (C(OH)–C–C–N with tert-alkyl or cyclic N) is 1. The maximum absolute atomic E-state index is 10.4. The molecule has 1 fully saturated rings. The number of aliphatic hydroxyl groups is 1. The molecular weight excluding hydrogens is 428 g/mol. The van der Waals surface area contributed by atoms with Gasteiger partial charge in [0.2, 0.25) is 0 Å². The highest BCUT2D eigenvalue weighted by molar-refractivity contribution is 7.13. The summed E-state index contributed by atoms with van der Waals surface area (Å²) in [6.45, 7) is 8.42. The van der Waals surface area contributed by atoms with E-state index < -0.39 is 6.10 Å². The third-order valence-electron chi connectivity index (χ3n) is 5.64. The van der Waals surface area contributed by atoms with Crippen LogP contribution < -0.4 is 9.47 Å². The first-order chi connectivity index (χ1) is 15.5. The van der Waals surface area contributed by atoms with Crippen LogP contribution in [0.5, 0.6) is 10.8 Å². The number of nitrogens with zero attached hydrogens (tertiary/aromatic N) is 4. The van der Waals surface area contributed by atoms with Gasteiger partial charge in [0.15, 0.2) is 10.8 Å². The molecule has 3 heterocycles. The molecule has 1 aliphatic rings. The minimum Gasteiger partial charge on any atom is -0.497 e. The van der Waals surface area contributed by atoms with E-state index in [-0.39, 0.29) is 6.61 Å². The fourth-order valence-corrected chi connectivity index (χ4v) is 4.53. The highest BCUT2D eigenvalue weighted by atomic mass is 32.1. The standard InChI is InChI=1S/C23H30N4O4S/c1-16-12-26(8-9-27(16)13-19(28)15-30-23-11-24-17(2)32-23)14-21-10-22(25-31-21)18-4-6-20(29-3)7-5-18/h4-7,10-11,16,19,28H,8-9,12-15H2,1-3H3/t16-,19+/m0/s1. The zero-order chi connectivity index (χ0) is 22.5.